The van der Waals surface area contributed by atoms with Gasteiger partial charge in [0.15, 0.2) is 0 Å². The summed E-state index contributed by atoms with van der Waals surface area (Å²) in [4.78, 5) is 111. The van der Waals surface area contributed by atoms with E-state index in [-0.39, 0.29) is 13.0 Å². The van der Waals surface area contributed by atoms with Crippen LogP contribution in [-0.2, 0) is 49.5 Å². The molecule has 0 aliphatic carbocycles. The van der Waals surface area contributed by atoms with E-state index in [1.165, 1.54) is 18.7 Å². The summed E-state index contributed by atoms with van der Waals surface area (Å²) in [5.41, 5.74) is 0.696. The Morgan fingerprint density at radius 2 is 1.30 bits per heavy atom. The van der Waals surface area contributed by atoms with Gasteiger partial charge in [-0.2, -0.15) is 0 Å². The average Bonchev–Trinajstić information content (AvgIpc) is 3.61. The highest BCUT2D eigenvalue weighted by Gasteiger charge is 2.42. The zero-order valence-electron chi connectivity index (χ0n) is 34.3. The number of hydrogen-bond donors (Lipinski definition) is 6. The van der Waals surface area contributed by atoms with E-state index in [2.05, 4.69) is 31.9 Å². The van der Waals surface area contributed by atoms with Crippen molar-refractivity contribution in [1.29, 1.82) is 0 Å². The second-order valence-corrected chi connectivity index (χ2v) is 16.2. The molecule has 56 heavy (non-hydrogen) atoms. The van der Waals surface area contributed by atoms with E-state index >= 15 is 0 Å². The third-order valence-electron chi connectivity index (χ3n) is 10.1. The van der Waals surface area contributed by atoms with Gasteiger partial charge in [0.1, 0.15) is 48.4 Å². The molecule has 2 aliphatic heterocycles. The summed E-state index contributed by atoms with van der Waals surface area (Å²) in [7, 11) is 0. The standard InChI is InChI=1S/C40H61N7O9/c1-20(2)29(41-25(10)48)35(50)46-33-24(9)56-40(55)32(23(7)8)45-37(52)31(22(5)6)44-36(51)30(21(3)4)43-34(49)28-17-14-18-47(28)39(54)27(42-38(33)53)19-26-15-12-11-13-16-26/h11-13,15-16,20-24,27-33H,14,17-19H2,1-10H3,(H,41,48)(H,42,53)(H,43,49)(H,44,51)(H,45,52)(H,46,50)/t24-,27-,28+,29+,30+,31+,32+,33+/m1/s1. The first-order chi connectivity index (χ1) is 26.2. The number of fused-ring (bicyclic) bond motifs is 1. The van der Waals surface area contributed by atoms with Gasteiger partial charge in [0, 0.05) is 19.9 Å². The predicted octanol–water partition coefficient (Wildman–Crippen LogP) is 0.718. The molecule has 0 bridgehead atoms. The molecule has 0 saturated carbocycles. The minimum absolute atomic E-state index is 0.0146. The van der Waals surface area contributed by atoms with E-state index in [0.29, 0.717) is 18.4 Å². The molecule has 16 heteroatoms. The van der Waals surface area contributed by atoms with Gasteiger partial charge >= 0.3 is 5.97 Å². The number of hydrogen-bond acceptors (Lipinski definition) is 9. The van der Waals surface area contributed by atoms with Gasteiger partial charge in [0.25, 0.3) is 0 Å². The van der Waals surface area contributed by atoms with E-state index in [9.17, 15) is 38.4 Å². The smallest absolute Gasteiger partial charge is 0.329 e. The summed E-state index contributed by atoms with van der Waals surface area (Å²) in [6, 6.07) is 0.645. The topological polar surface area (TPSA) is 221 Å². The maximum absolute atomic E-state index is 14.5. The van der Waals surface area contributed by atoms with Crippen molar-refractivity contribution >= 4 is 47.3 Å². The van der Waals surface area contributed by atoms with Crippen LogP contribution in [0.4, 0.5) is 0 Å². The fraction of sp³-hybridized carbons (Fsp3) is 0.650. The quantitative estimate of drug-likeness (QED) is 0.194. The minimum atomic E-state index is -1.58. The van der Waals surface area contributed by atoms with Crippen LogP contribution in [0.25, 0.3) is 0 Å². The number of carbonyl (C=O) groups is 8. The van der Waals surface area contributed by atoms with E-state index in [1.54, 1.807) is 85.7 Å². The number of esters is 1. The normalized spacial score (nSPS) is 26.6. The number of ether oxygens (including phenoxy) is 1. The van der Waals surface area contributed by atoms with Gasteiger partial charge in [-0.25, -0.2) is 4.79 Å². The number of benzene rings is 1. The molecule has 0 unspecified atom stereocenters. The summed E-state index contributed by atoms with van der Waals surface area (Å²) in [6.07, 6.45) is -0.566. The highest BCUT2D eigenvalue weighted by molar-refractivity contribution is 5.98. The van der Waals surface area contributed by atoms with Gasteiger partial charge in [-0.15, -0.1) is 0 Å². The lowest BCUT2D eigenvalue weighted by atomic mass is 9.98. The maximum atomic E-state index is 14.5. The van der Waals surface area contributed by atoms with Crippen molar-refractivity contribution < 1.29 is 43.1 Å². The molecule has 16 nitrogen and oxygen atoms in total. The first-order valence-corrected chi connectivity index (χ1v) is 19.6. The molecule has 2 aliphatic rings. The molecule has 1 aromatic rings. The highest BCUT2D eigenvalue weighted by atomic mass is 16.5. The van der Waals surface area contributed by atoms with Crippen LogP contribution in [0.15, 0.2) is 30.3 Å². The average molecular weight is 784 g/mol. The van der Waals surface area contributed by atoms with E-state index < -0.39 is 119 Å². The second-order valence-electron chi connectivity index (χ2n) is 16.2. The van der Waals surface area contributed by atoms with Crippen LogP contribution in [0.2, 0.25) is 0 Å². The van der Waals surface area contributed by atoms with Gasteiger partial charge in [0.2, 0.25) is 41.4 Å². The molecule has 6 N–H and O–H groups in total. The van der Waals surface area contributed by atoms with Gasteiger partial charge in [-0.1, -0.05) is 85.7 Å². The van der Waals surface area contributed by atoms with Crippen LogP contribution in [0.3, 0.4) is 0 Å². The largest absolute Gasteiger partial charge is 0.458 e. The Hall–Kier alpha value is -5.02. The molecule has 310 valence electrons. The van der Waals surface area contributed by atoms with Gasteiger partial charge < -0.3 is 41.5 Å². The third-order valence-corrected chi connectivity index (χ3v) is 10.1. The molecule has 3 rings (SSSR count). The Morgan fingerprint density at radius 3 is 1.82 bits per heavy atom. The number of carbonyl (C=O) groups excluding carboxylic acids is 8. The molecule has 2 fully saturated rings. The predicted molar refractivity (Wildman–Crippen MR) is 207 cm³/mol. The SMILES string of the molecule is CC(=O)N[C@H](C(=O)N[C@@H]1C(=O)N[C@H](Cc2ccccc2)C(=O)N2CCC[C@H]2C(=O)N[C@@H](C(C)C)C(=O)N[C@@H](C(C)C)C(=O)N[C@@H](C(C)C)C(=O)O[C@@H]1C)C(C)C. The summed E-state index contributed by atoms with van der Waals surface area (Å²) in [6.45, 7) is 16.5. The zero-order valence-corrected chi connectivity index (χ0v) is 34.3. The first-order valence-electron chi connectivity index (χ1n) is 19.6. The van der Waals surface area contributed by atoms with Crippen molar-refractivity contribution in [3.05, 3.63) is 35.9 Å². The summed E-state index contributed by atoms with van der Waals surface area (Å²) in [5.74, 6) is -7.17. The van der Waals surface area contributed by atoms with E-state index in [0.717, 1.165) is 0 Å². The lowest BCUT2D eigenvalue weighted by Gasteiger charge is -2.32. The molecule has 0 radical (unpaired) electrons. The number of amides is 7. The van der Waals surface area contributed by atoms with Crippen LogP contribution < -0.4 is 31.9 Å². The van der Waals surface area contributed by atoms with Crippen LogP contribution in [0.1, 0.15) is 87.6 Å². The molecular formula is C40H61N7O9. The molecule has 2 saturated heterocycles. The number of nitrogens with zero attached hydrogens (tertiary/aromatic N) is 1. The van der Waals surface area contributed by atoms with Gasteiger partial charge in [-0.3, -0.25) is 33.6 Å². The van der Waals surface area contributed by atoms with Gasteiger partial charge in [-0.05, 0) is 49.0 Å². The summed E-state index contributed by atoms with van der Waals surface area (Å²) < 4.78 is 5.82. The Kier molecular flexibility index (Phi) is 16.4. The molecule has 7 amide bonds. The van der Waals surface area contributed by atoms with Crippen LogP contribution in [0, 0.1) is 23.7 Å². The van der Waals surface area contributed by atoms with Crippen molar-refractivity contribution in [2.75, 3.05) is 6.54 Å². The Morgan fingerprint density at radius 1 is 0.768 bits per heavy atom. The van der Waals surface area contributed by atoms with Crippen molar-refractivity contribution in [3.63, 3.8) is 0 Å². The van der Waals surface area contributed by atoms with Gasteiger partial charge in [0.05, 0.1) is 0 Å². The lowest BCUT2D eigenvalue weighted by Crippen LogP contribution is -2.62. The van der Waals surface area contributed by atoms with Crippen molar-refractivity contribution in [2.24, 2.45) is 23.7 Å². The first kappa shape index (κ1) is 45.4. The Labute approximate surface area is 329 Å². The second kappa shape index (κ2) is 20.2. The highest BCUT2D eigenvalue weighted by Crippen LogP contribution is 2.21. The van der Waals surface area contributed by atoms with Crippen LogP contribution in [-0.4, -0.2) is 107 Å². The fourth-order valence-corrected chi connectivity index (χ4v) is 6.84. The van der Waals surface area contributed by atoms with Crippen molar-refractivity contribution in [1.82, 2.24) is 36.8 Å². The van der Waals surface area contributed by atoms with Crippen LogP contribution in [0.5, 0.6) is 0 Å². The molecule has 8 atom stereocenters. The minimum Gasteiger partial charge on any atom is -0.458 e. The Bertz CT molecular complexity index is 1600. The lowest BCUT2D eigenvalue weighted by molar-refractivity contribution is -0.157. The summed E-state index contributed by atoms with van der Waals surface area (Å²) >= 11 is 0. The number of nitrogens with one attached hydrogen (secondary N) is 6. The molecule has 2 heterocycles. The number of rotatable bonds is 9. The van der Waals surface area contributed by atoms with Crippen molar-refractivity contribution in [2.45, 2.75) is 137 Å². The monoisotopic (exact) mass is 783 g/mol. The molecular weight excluding hydrogens is 722 g/mol. The maximum Gasteiger partial charge on any atom is 0.329 e. The molecule has 0 aromatic heterocycles. The van der Waals surface area contributed by atoms with E-state index in [4.69, 9.17) is 4.74 Å². The zero-order chi connectivity index (χ0) is 42.0. The molecule has 0 spiro atoms. The third kappa shape index (κ3) is 12.0. The molecule has 1 aromatic carbocycles. The van der Waals surface area contributed by atoms with E-state index in [1.807, 2.05) is 0 Å². The summed E-state index contributed by atoms with van der Waals surface area (Å²) in [5, 5.41) is 16.2. The van der Waals surface area contributed by atoms with Crippen molar-refractivity contribution in [3.8, 4) is 0 Å². The Balaban J connectivity index is 2.17. The fourth-order valence-electron chi connectivity index (χ4n) is 6.84. The van der Waals surface area contributed by atoms with Crippen LogP contribution >= 0.6 is 0 Å². The number of cyclic esters (lactones) is 1.